The van der Waals surface area contributed by atoms with Crippen LogP contribution in [0, 0.1) is 0 Å². The van der Waals surface area contributed by atoms with E-state index >= 15 is 0 Å². The van der Waals surface area contributed by atoms with Gasteiger partial charge in [-0.25, -0.2) is 14.8 Å². The Bertz CT molecular complexity index is 1490. The number of hydrogen-bond donors (Lipinski definition) is 1. The fraction of sp³-hybridized carbons (Fsp3) is 0.240. The zero-order valence-corrected chi connectivity index (χ0v) is 19.6. The lowest BCUT2D eigenvalue weighted by Crippen LogP contribution is -2.44. The molecule has 2 heterocycles. The van der Waals surface area contributed by atoms with E-state index in [0.29, 0.717) is 22.9 Å². The predicted octanol–water partition coefficient (Wildman–Crippen LogP) is 1.97. The van der Waals surface area contributed by atoms with Crippen LogP contribution in [0.1, 0.15) is 12.5 Å². The van der Waals surface area contributed by atoms with Crippen molar-refractivity contribution >= 4 is 16.9 Å². The quantitative estimate of drug-likeness (QED) is 0.414. The van der Waals surface area contributed by atoms with E-state index in [1.54, 1.807) is 32.2 Å². The van der Waals surface area contributed by atoms with Crippen LogP contribution in [0.25, 0.3) is 22.4 Å². The number of nitrogens with zero attached hydrogens (tertiary/aromatic N) is 4. The number of hydrogen-bond acceptors (Lipinski definition) is 7. The fourth-order valence-electron chi connectivity index (χ4n) is 3.76. The zero-order valence-electron chi connectivity index (χ0n) is 19.6. The number of benzene rings is 2. The summed E-state index contributed by atoms with van der Waals surface area (Å²) in [4.78, 5) is 47.7. The highest BCUT2D eigenvalue weighted by molar-refractivity contribution is 5.78. The molecule has 4 rings (SSSR count). The number of rotatable bonds is 8. The summed E-state index contributed by atoms with van der Waals surface area (Å²) in [6, 6.07) is 14.5. The van der Waals surface area contributed by atoms with E-state index in [4.69, 9.17) is 9.47 Å². The highest BCUT2D eigenvalue weighted by Gasteiger charge is 2.17. The highest BCUT2D eigenvalue weighted by Crippen LogP contribution is 2.23. The van der Waals surface area contributed by atoms with Crippen molar-refractivity contribution in [1.29, 1.82) is 0 Å². The van der Waals surface area contributed by atoms with Gasteiger partial charge in [0.2, 0.25) is 5.91 Å². The molecule has 0 unspecified atom stereocenters. The molecule has 0 fully saturated rings. The first-order valence-corrected chi connectivity index (χ1v) is 11.0. The molecular weight excluding hydrogens is 450 g/mol. The zero-order chi connectivity index (χ0) is 24.9. The SMILES string of the molecule is CCn1c(=O)n(CC(=O)NCc2cc(OC)ccc2OC)c(=O)c2cnc(-c3ccccc3)nc21. The number of methoxy groups -OCH3 is 2. The Morgan fingerprint density at radius 1 is 1.03 bits per heavy atom. The van der Waals surface area contributed by atoms with Crippen LogP contribution in [-0.4, -0.2) is 39.2 Å². The molecule has 2 aromatic heterocycles. The smallest absolute Gasteiger partial charge is 0.333 e. The van der Waals surface area contributed by atoms with Gasteiger partial charge >= 0.3 is 5.69 Å². The minimum Gasteiger partial charge on any atom is -0.497 e. The molecule has 0 saturated carbocycles. The van der Waals surface area contributed by atoms with Crippen molar-refractivity contribution in [1.82, 2.24) is 24.4 Å². The molecule has 0 radical (unpaired) electrons. The summed E-state index contributed by atoms with van der Waals surface area (Å²) in [5.74, 6) is 1.09. The van der Waals surface area contributed by atoms with Gasteiger partial charge in [-0.2, -0.15) is 0 Å². The molecule has 4 aromatic rings. The molecule has 10 nitrogen and oxygen atoms in total. The second-order valence-electron chi connectivity index (χ2n) is 7.67. The summed E-state index contributed by atoms with van der Waals surface area (Å²) < 4.78 is 12.8. The van der Waals surface area contributed by atoms with E-state index in [9.17, 15) is 14.4 Å². The molecule has 0 spiro atoms. The van der Waals surface area contributed by atoms with Crippen molar-refractivity contribution in [3.05, 3.63) is 81.1 Å². The van der Waals surface area contributed by atoms with Gasteiger partial charge in [0.1, 0.15) is 23.4 Å². The molecule has 0 aliphatic rings. The lowest BCUT2D eigenvalue weighted by atomic mass is 10.2. The first-order valence-electron chi connectivity index (χ1n) is 11.0. The number of aromatic nitrogens is 4. The van der Waals surface area contributed by atoms with E-state index < -0.39 is 23.7 Å². The summed E-state index contributed by atoms with van der Waals surface area (Å²) >= 11 is 0. The molecule has 35 heavy (non-hydrogen) atoms. The van der Waals surface area contributed by atoms with Crippen molar-refractivity contribution in [3.63, 3.8) is 0 Å². The van der Waals surface area contributed by atoms with Crippen LogP contribution in [0.5, 0.6) is 11.5 Å². The average molecular weight is 476 g/mol. The summed E-state index contributed by atoms with van der Waals surface area (Å²) in [5.41, 5.74) is 0.453. The van der Waals surface area contributed by atoms with E-state index in [2.05, 4.69) is 15.3 Å². The Morgan fingerprint density at radius 3 is 2.49 bits per heavy atom. The molecule has 0 bridgehead atoms. The number of nitrogens with one attached hydrogen (secondary N) is 1. The molecule has 2 aromatic carbocycles. The summed E-state index contributed by atoms with van der Waals surface area (Å²) in [7, 11) is 3.07. The van der Waals surface area contributed by atoms with Gasteiger partial charge in [-0.15, -0.1) is 0 Å². The average Bonchev–Trinajstić information content (AvgIpc) is 2.90. The maximum absolute atomic E-state index is 13.1. The second kappa shape index (κ2) is 10.2. The largest absolute Gasteiger partial charge is 0.497 e. The van der Waals surface area contributed by atoms with Crippen molar-refractivity contribution < 1.29 is 14.3 Å². The molecule has 180 valence electrons. The van der Waals surface area contributed by atoms with Gasteiger partial charge in [-0.3, -0.25) is 18.7 Å². The summed E-state index contributed by atoms with van der Waals surface area (Å²) in [6.45, 7) is 1.73. The molecule has 10 heteroatoms. The van der Waals surface area contributed by atoms with Crippen LogP contribution >= 0.6 is 0 Å². The number of ether oxygens (including phenoxy) is 2. The maximum Gasteiger partial charge on any atom is 0.333 e. The molecule has 0 aliphatic heterocycles. The fourth-order valence-corrected chi connectivity index (χ4v) is 3.76. The molecule has 0 saturated heterocycles. The Morgan fingerprint density at radius 2 is 1.80 bits per heavy atom. The Hall–Kier alpha value is -4.47. The lowest BCUT2D eigenvalue weighted by Gasteiger charge is -2.14. The number of aryl methyl sites for hydroxylation is 1. The first-order chi connectivity index (χ1) is 17.0. The van der Waals surface area contributed by atoms with Crippen molar-refractivity contribution in [2.24, 2.45) is 0 Å². The number of fused-ring (bicyclic) bond motifs is 1. The van der Waals surface area contributed by atoms with Gasteiger partial charge < -0.3 is 14.8 Å². The number of amides is 1. The third kappa shape index (κ3) is 4.77. The van der Waals surface area contributed by atoms with E-state index in [1.165, 1.54) is 17.9 Å². The van der Waals surface area contributed by atoms with E-state index in [-0.39, 0.29) is 24.1 Å². The van der Waals surface area contributed by atoms with Crippen LogP contribution in [0.4, 0.5) is 0 Å². The van der Waals surface area contributed by atoms with Crippen LogP contribution in [0.3, 0.4) is 0 Å². The van der Waals surface area contributed by atoms with Crippen LogP contribution in [-0.2, 0) is 24.4 Å². The normalized spacial score (nSPS) is 10.8. The molecular formula is C25H25N5O5. The minimum atomic E-state index is -0.622. The summed E-state index contributed by atoms with van der Waals surface area (Å²) in [6.07, 6.45) is 1.40. The van der Waals surface area contributed by atoms with Crippen molar-refractivity contribution in [3.8, 4) is 22.9 Å². The Kier molecular flexibility index (Phi) is 6.91. The second-order valence-corrected chi connectivity index (χ2v) is 7.67. The van der Waals surface area contributed by atoms with Gasteiger partial charge in [0.05, 0.1) is 14.2 Å². The van der Waals surface area contributed by atoms with Gasteiger partial charge in [-0.05, 0) is 25.1 Å². The number of carbonyl (C=O) groups is 1. The predicted molar refractivity (Wildman–Crippen MR) is 131 cm³/mol. The summed E-state index contributed by atoms with van der Waals surface area (Å²) in [5, 5.41) is 2.89. The minimum absolute atomic E-state index is 0.132. The van der Waals surface area contributed by atoms with Gasteiger partial charge in [0, 0.05) is 30.4 Å². The topological polar surface area (TPSA) is 117 Å². The van der Waals surface area contributed by atoms with Gasteiger partial charge in [-0.1, -0.05) is 30.3 Å². The van der Waals surface area contributed by atoms with Crippen molar-refractivity contribution in [2.75, 3.05) is 14.2 Å². The maximum atomic E-state index is 13.1. The lowest BCUT2D eigenvalue weighted by molar-refractivity contribution is -0.121. The third-order valence-electron chi connectivity index (χ3n) is 5.58. The standard InChI is InChI=1S/C25H25N5O5/c1-4-29-23-19(14-27-22(28-23)16-8-6-5-7-9-16)24(32)30(25(29)33)15-21(31)26-13-17-12-18(34-2)10-11-20(17)35-3/h5-12,14H,4,13,15H2,1-3H3,(H,26,31). The van der Waals surface area contributed by atoms with E-state index in [1.807, 2.05) is 30.3 Å². The van der Waals surface area contributed by atoms with Gasteiger partial charge in [0.25, 0.3) is 5.56 Å². The van der Waals surface area contributed by atoms with Crippen LogP contribution < -0.4 is 26.0 Å². The highest BCUT2D eigenvalue weighted by atomic mass is 16.5. The van der Waals surface area contributed by atoms with E-state index in [0.717, 1.165) is 10.1 Å². The molecule has 0 atom stereocenters. The van der Waals surface area contributed by atoms with Gasteiger partial charge in [0.15, 0.2) is 11.5 Å². The van der Waals surface area contributed by atoms with Crippen LogP contribution in [0.15, 0.2) is 64.3 Å². The van der Waals surface area contributed by atoms with Crippen molar-refractivity contribution in [2.45, 2.75) is 26.6 Å². The molecule has 1 N–H and O–H groups in total. The Balaban J connectivity index is 1.64. The molecule has 0 aliphatic carbocycles. The Labute approximate surface area is 200 Å². The first kappa shape index (κ1) is 23.7. The monoisotopic (exact) mass is 475 g/mol. The molecule has 1 amide bonds. The third-order valence-corrected chi connectivity index (χ3v) is 5.58. The number of carbonyl (C=O) groups excluding carboxylic acids is 1. The van der Waals surface area contributed by atoms with Crippen LogP contribution in [0.2, 0.25) is 0 Å².